The maximum absolute atomic E-state index is 13.1. The Morgan fingerprint density at radius 1 is 1.21 bits per heavy atom. The number of rotatable bonds is 5. The van der Waals surface area contributed by atoms with Crippen molar-refractivity contribution in [3.63, 3.8) is 0 Å². The van der Waals surface area contributed by atoms with Crippen molar-refractivity contribution in [2.24, 2.45) is 5.92 Å². The van der Waals surface area contributed by atoms with Gasteiger partial charge in [0.05, 0.1) is 0 Å². The molecule has 1 saturated heterocycles. The van der Waals surface area contributed by atoms with Crippen LogP contribution in [0.15, 0.2) is 42.7 Å². The van der Waals surface area contributed by atoms with Crippen LogP contribution in [0.4, 0.5) is 5.82 Å². The topological polar surface area (TPSA) is 66.6 Å². The molecular weight excluding hydrogens is 376 g/mol. The van der Waals surface area contributed by atoms with Gasteiger partial charge in [0.1, 0.15) is 12.1 Å². The summed E-state index contributed by atoms with van der Waals surface area (Å²) in [7, 11) is 0. The van der Waals surface area contributed by atoms with Gasteiger partial charge in [-0.25, -0.2) is 0 Å². The summed E-state index contributed by atoms with van der Waals surface area (Å²) in [6, 6.07) is 11.6. The Morgan fingerprint density at radius 3 is 2.75 bits per heavy atom. The van der Waals surface area contributed by atoms with E-state index in [-0.39, 0.29) is 11.8 Å². The lowest BCUT2D eigenvalue weighted by Crippen LogP contribution is -2.42. The van der Waals surface area contributed by atoms with E-state index >= 15 is 0 Å². The number of piperidine rings is 1. The smallest absolute Gasteiger partial charge is 0.226 e. The summed E-state index contributed by atoms with van der Waals surface area (Å²) in [4.78, 5) is 17.2. The Labute approximate surface area is 168 Å². The molecule has 1 amide bonds. The van der Waals surface area contributed by atoms with E-state index in [2.05, 4.69) is 20.2 Å². The van der Waals surface area contributed by atoms with Gasteiger partial charge in [-0.3, -0.25) is 4.79 Å². The molecule has 2 aromatic heterocycles. The van der Waals surface area contributed by atoms with Crippen molar-refractivity contribution < 1.29 is 4.79 Å². The van der Waals surface area contributed by atoms with Crippen LogP contribution in [0, 0.1) is 5.92 Å². The van der Waals surface area contributed by atoms with E-state index in [0.717, 1.165) is 43.0 Å². The van der Waals surface area contributed by atoms with Crippen molar-refractivity contribution in [1.82, 2.24) is 24.7 Å². The predicted octanol–water partition coefficient (Wildman–Crippen LogP) is 3.04. The SMILES string of the molecule is CCN(Cc1ccccc1Cl)C(=O)C1CCN(c2ccc3nncn3n2)CC1. The van der Waals surface area contributed by atoms with E-state index in [1.54, 1.807) is 10.8 Å². The molecule has 0 bridgehead atoms. The van der Waals surface area contributed by atoms with Crippen LogP contribution in [0.3, 0.4) is 0 Å². The van der Waals surface area contributed by atoms with Gasteiger partial charge >= 0.3 is 0 Å². The van der Waals surface area contributed by atoms with E-state index in [1.807, 2.05) is 48.2 Å². The van der Waals surface area contributed by atoms with Gasteiger partial charge in [0.15, 0.2) is 5.65 Å². The fourth-order valence-corrected chi connectivity index (χ4v) is 3.87. The minimum absolute atomic E-state index is 0.0392. The highest BCUT2D eigenvalue weighted by Crippen LogP contribution is 2.25. The third-order valence-electron chi connectivity index (χ3n) is 5.33. The summed E-state index contributed by atoms with van der Waals surface area (Å²) in [5.41, 5.74) is 1.72. The lowest BCUT2D eigenvalue weighted by atomic mass is 9.95. The second-order valence-electron chi connectivity index (χ2n) is 7.03. The standard InChI is InChI=1S/C20H23ClN6O/c1-2-25(13-16-5-3-4-6-17(16)21)20(28)15-9-11-26(12-10-15)19-8-7-18-23-22-14-27(18)24-19/h3-8,14-15H,2,9-13H2,1H3. The van der Waals surface area contributed by atoms with E-state index in [9.17, 15) is 4.79 Å². The molecular formula is C20H23ClN6O. The Kier molecular flexibility index (Phi) is 5.43. The van der Waals surface area contributed by atoms with Crippen LogP contribution in [0.5, 0.6) is 0 Å². The molecule has 1 fully saturated rings. The average Bonchev–Trinajstić information content (AvgIpc) is 3.21. The molecule has 7 nitrogen and oxygen atoms in total. The number of aromatic nitrogens is 4. The number of nitrogens with zero attached hydrogens (tertiary/aromatic N) is 6. The first-order chi connectivity index (χ1) is 13.7. The van der Waals surface area contributed by atoms with Gasteiger partial charge in [0, 0.05) is 37.1 Å². The first kappa shape index (κ1) is 18.7. The number of hydrogen-bond acceptors (Lipinski definition) is 5. The summed E-state index contributed by atoms with van der Waals surface area (Å²) in [6.07, 6.45) is 3.24. The number of fused-ring (bicyclic) bond motifs is 1. The summed E-state index contributed by atoms with van der Waals surface area (Å²) in [5.74, 6) is 1.14. The number of anilines is 1. The van der Waals surface area contributed by atoms with Gasteiger partial charge in [-0.05, 0) is 43.5 Å². The van der Waals surface area contributed by atoms with Crippen LogP contribution in [-0.4, -0.2) is 50.3 Å². The lowest BCUT2D eigenvalue weighted by Gasteiger charge is -2.34. The Bertz CT molecular complexity index is 966. The Hall–Kier alpha value is -2.67. The Morgan fingerprint density at radius 2 is 2.00 bits per heavy atom. The molecule has 0 spiro atoms. The molecule has 3 heterocycles. The van der Waals surface area contributed by atoms with Crippen molar-refractivity contribution in [2.75, 3.05) is 24.5 Å². The molecule has 1 aromatic carbocycles. The van der Waals surface area contributed by atoms with Crippen molar-refractivity contribution in [3.8, 4) is 0 Å². The molecule has 0 unspecified atom stereocenters. The average molecular weight is 399 g/mol. The number of carbonyl (C=O) groups is 1. The van der Waals surface area contributed by atoms with Crippen LogP contribution >= 0.6 is 11.6 Å². The first-order valence-electron chi connectivity index (χ1n) is 9.60. The first-order valence-corrected chi connectivity index (χ1v) is 9.97. The molecule has 8 heteroatoms. The van der Waals surface area contributed by atoms with Gasteiger partial charge in [0.25, 0.3) is 0 Å². The minimum atomic E-state index is 0.0392. The van der Waals surface area contributed by atoms with Gasteiger partial charge in [0.2, 0.25) is 5.91 Å². The molecule has 1 aliphatic heterocycles. The van der Waals surface area contributed by atoms with Gasteiger partial charge in [-0.1, -0.05) is 29.8 Å². The van der Waals surface area contributed by atoms with E-state index < -0.39 is 0 Å². The monoisotopic (exact) mass is 398 g/mol. The third kappa shape index (κ3) is 3.80. The normalized spacial score (nSPS) is 15.1. The van der Waals surface area contributed by atoms with Gasteiger partial charge in [-0.15, -0.1) is 15.3 Å². The predicted molar refractivity (Wildman–Crippen MR) is 108 cm³/mol. The largest absolute Gasteiger partial charge is 0.355 e. The molecule has 4 rings (SSSR count). The molecule has 0 N–H and O–H groups in total. The van der Waals surface area contributed by atoms with E-state index in [1.165, 1.54) is 0 Å². The zero-order valence-electron chi connectivity index (χ0n) is 15.8. The molecule has 0 saturated carbocycles. The summed E-state index contributed by atoms with van der Waals surface area (Å²) >= 11 is 6.27. The third-order valence-corrected chi connectivity index (χ3v) is 5.70. The quantitative estimate of drug-likeness (QED) is 0.660. The molecule has 1 aliphatic rings. The number of halogens is 1. The highest BCUT2D eigenvalue weighted by atomic mass is 35.5. The van der Waals surface area contributed by atoms with Crippen LogP contribution in [0.25, 0.3) is 5.65 Å². The summed E-state index contributed by atoms with van der Waals surface area (Å²) < 4.78 is 1.68. The second kappa shape index (κ2) is 8.14. The van der Waals surface area contributed by atoms with Crippen molar-refractivity contribution in [3.05, 3.63) is 53.3 Å². The maximum Gasteiger partial charge on any atom is 0.226 e. The molecule has 0 atom stereocenters. The minimum Gasteiger partial charge on any atom is -0.355 e. The molecule has 0 radical (unpaired) electrons. The van der Waals surface area contributed by atoms with Crippen LogP contribution in [0.2, 0.25) is 5.02 Å². The molecule has 3 aromatic rings. The van der Waals surface area contributed by atoms with Crippen LogP contribution < -0.4 is 4.90 Å². The van der Waals surface area contributed by atoms with Crippen molar-refractivity contribution in [2.45, 2.75) is 26.3 Å². The summed E-state index contributed by atoms with van der Waals surface area (Å²) in [6.45, 7) is 4.86. The maximum atomic E-state index is 13.1. The highest BCUT2D eigenvalue weighted by Gasteiger charge is 2.29. The molecule has 0 aliphatic carbocycles. The number of hydrogen-bond donors (Lipinski definition) is 0. The Balaban J connectivity index is 1.39. The molecule has 146 valence electrons. The van der Waals surface area contributed by atoms with Crippen molar-refractivity contribution in [1.29, 1.82) is 0 Å². The van der Waals surface area contributed by atoms with Crippen LogP contribution in [-0.2, 0) is 11.3 Å². The molecule has 28 heavy (non-hydrogen) atoms. The van der Waals surface area contributed by atoms with E-state index in [0.29, 0.717) is 18.1 Å². The highest BCUT2D eigenvalue weighted by molar-refractivity contribution is 6.31. The fourth-order valence-electron chi connectivity index (χ4n) is 3.68. The lowest BCUT2D eigenvalue weighted by molar-refractivity contribution is -0.136. The fraction of sp³-hybridized carbons (Fsp3) is 0.400. The number of carbonyl (C=O) groups excluding carboxylic acids is 1. The number of benzene rings is 1. The second-order valence-corrected chi connectivity index (χ2v) is 7.44. The van der Waals surface area contributed by atoms with Crippen molar-refractivity contribution >= 4 is 29.0 Å². The van der Waals surface area contributed by atoms with Crippen LogP contribution in [0.1, 0.15) is 25.3 Å². The van der Waals surface area contributed by atoms with Gasteiger partial charge < -0.3 is 9.80 Å². The summed E-state index contributed by atoms with van der Waals surface area (Å²) in [5, 5.41) is 13.1. The number of amides is 1. The zero-order chi connectivity index (χ0) is 19.5. The zero-order valence-corrected chi connectivity index (χ0v) is 16.6. The van der Waals surface area contributed by atoms with Gasteiger partial charge in [-0.2, -0.15) is 4.52 Å². The van der Waals surface area contributed by atoms with E-state index in [4.69, 9.17) is 11.6 Å².